The highest BCUT2D eigenvalue weighted by Gasteiger charge is 2.34. The van der Waals surface area contributed by atoms with Gasteiger partial charge in [-0.25, -0.2) is 0 Å². The van der Waals surface area contributed by atoms with Crippen LogP contribution >= 0.6 is 0 Å². The predicted molar refractivity (Wildman–Crippen MR) is 83.6 cm³/mol. The summed E-state index contributed by atoms with van der Waals surface area (Å²) in [6.07, 6.45) is -4.44. The molecule has 1 amide bonds. The minimum Gasteiger partial charge on any atom is -0.481 e. The first-order valence-corrected chi connectivity index (χ1v) is 7.61. The second kappa shape index (κ2) is 7.68. The minimum absolute atomic E-state index is 0.0727. The van der Waals surface area contributed by atoms with Crippen LogP contribution in [0.2, 0.25) is 0 Å². The summed E-state index contributed by atoms with van der Waals surface area (Å²) in [4.78, 5) is 22.7. The number of carboxylic acids is 1. The SMILES string of the molecule is CC(CC(=O)NC(C)(C)CCC(=O)O)c1ccccc1C(F)(F)F. The number of amides is 1. The second-order valence-electron chi connectivity index (χ2n) is 6.52. The summed E-state index contributed by atoms with van der Waals surface area (Å²) in [5.74, 6) is -1.99. The van der Waals surface area contributed by atoms with Gasteiger partial charge in [0.05, 0.1) is 5.56 Å². The van der Waals surface area contributed by atoms with E-state index in [1.165, 1.54) is 18.2 Å². The Morgan fingerprint density at radius 3 is 2.33 bits per heavy atom. The van der Waals surface area contributed by atoms with Crippen LogP contribution in [0.5, 0.6) is 0 Å². The molecular weight excluding hydrogens is 323 g/mol. The van der Waals surface area contributed by atoms with E-state index in [2.05, 4.69) is 5.32 Å². The Bertz CT molecular complexity index is 597. The highest BCUT2D eigenvalue weighted by molar-refractivity contribution is 5.77. The van der Waals surface area contributed by atoms with Crippen LogP contribution in [0.4, 0.5) is 13.2 Å². The largest absolute Gasteiger partial charge is 0.481 e. The molecular formula is C17H22F3NO3. The van der Waals surface area contributed by atoms with Crippen molar-refractivity contribution in [3.63, 3.8) is 0 Å². The third-order valence-corrected chi connectivity index (χ3v) is 3.73. The van der Waals surface area contributed by atoms with Crippen molar-refractivity contribution in [1.82, 2.24) is 5.32 Å². The zero-order valence-electron chi connectivity index (χ0n) is 13.9. The number of carbonyl (C=O) groups excluding carboxylic acids is 1. The Kier molecular flexibility index (Phi) is 6.40. The summed E-state index contributed by atoms with van der Waals surface area (Å²) in [5, 5.41) is 11.4. The molecule has 2 N–H and O–H groups in total. The van der Waals surface area contributed by atoms with Crippen molar-refractivity contribution in [2.75, 3.05) is 0 Å². The van der Waals surface area contributed by atoms with Crippen molar-refractivity contribution in [3.05, 3.63) is 35.4 Å². The maximum Gasteiger partial charge on any atom is 0.416 e. The van der Waals surface area contributed by atoms with Crippen molar-refractivity contribution in [1.29, 1.82) is 0 Å². The highest BCUT2D eigenvalue weighted by atomic mass is 19.4. The Morgan fingerprint density at radius 2 is 1.79 bits per heavy atom. The van der Waals surface area contributed by atoms with Gasteiger partial charge >= 0.3 is 12.1 Å². The quantitative estimate of drug-likeness (QED) is 0.786. The van der Waals surface area contributed by atoms with Gasteiger partial charge in [0, 0.05) is 18.4 Å². The molecule has 0 spiro atoms. The fraction of sp³-hybridized carbons (Fsp3) is 0.529. The molecule has 1 atom stereocenters. The average molecular weight is 345 g/mol. The zero-order valence-corrected chi connectivity index (χ0v) is 13.9. The summed E-state index contributed by atoms with van der Waals surface area (Å²) in [5.41, 5.74) is -1.41. The van der Waals surface area contributed by atoms with Gasteiger partial charge in [0.2, 0.25) is 5.91 Å². The number of carboxylic acid groups (broad SMARTS) is 1. The van der Waals surface area contributed by atoms with Crippen LogP contribution in [0.3, 0.4) is 0 Å². The summed E-state index contributed by atoms with van der Waals surface area (Å²) in [6, 6.07) is 5.20. The smallest absolute Gasteiger partial charge is 0.416 e. The zero-order chi connectivity index (χ0) is 18.5. The normalized spacial score (nSPS) is 13.4. The van der Waals surface area contributed by atoms with Crippen LogP contribution in [0, 0.1) is 0 Å². The van der Waals surface area contributed by atoms with Crippen LogP contribution in [0.15, 0.2) is 24.3 Å². The van der Waals surface area contributed by atoms with Gasteiger partial charge in [-0.15, -0.1) is 0 Å². The molecule has 1 aromatic carbocycles. The van der Waals surface area contributed by atoms with Crippen LogP contribution in [0.25, 0.3) is 0 Å². The molecule has 0 aliphatic carbocycles. The van der Waals surface area contributed by atoms with E-state index in [1.54, 1.807) is 20.8 Å². The van der Waals surface area contributed by atoms with E-state index < -0.39 is 35.1 Å². The van der Waals surface area contributed by atoms with Crippen molar-refractivity contribution in [3.8, 4) is 0 Å². The molecule has 0 aliphatic heterocycles. The molecule has 0 bridgehead atoms. The lowest BCUT2D eigenvalue weighted by Gasteiger charge is -2.27. The summed E-state index contributed by atoms with van der Waals surface area (Å²) >= 11 is 0. The number of rotatable bonds is 7. The van der Waals surface area contributed by atoms with Gasteiger partial charge in [0.1, 0.15) is 0 Å². The van der Waals surface area contributed by atoms with Gasteiger partial charge in [-0.3, -0.25) is 9.59 Å². The number of hydrogen-bond acceptors (Lipinski definition) is 2. The Hall–Kier alpha value is -2.05. The van der Waals surface area contributed by atoms with E-state index >= 15 is 0 Å². The van der Waals surface area contributed by atoms with E-state index in [1.807, 2.05) is 0 Å². The van der Waals surface area contributed by atoms with E-state index in [-0.39, 0.29) is 24.8 Å². The Morgan fingerprint density at radius 1 is 1.21 bits per heavy atom. The molecule has 0 aliphatic rings. The van der Waals surface area contributed by atoms with Gasteiger partial charge in [-0.05, 0) is 37.8 Å². The van der Waals surface area contributed by atoms with Crippen LogP contribution < -0.4 is 5.32 Å². The fourth-order valence-corrected chi connectivity index (χ4v) is 2.48. The standard InChI is InChI=1S/C17H22F3NO3/c1-11(12-6-4-5-7-13(12)17(18,19)20)10-14(22)21-16(2,3)9-8-15(23)24/h4-7,11H,8-10H2,1-3H3,(H,21,22)(H,23,24). The molecule has 1 aromatic rings. The average Bonchev–Trinajstić information content (AvgIpc) is 2.43. The Labute approximate surface area is 139 Å². The van der Waals surface area contributed by atoms with Crippen molar-refractivity contribution < 1.29 is 27.9 Å². The maximum absolute atomic E-state index is 13.0. The van der Waals surface area contributed by atoms with Gasteiger partial charge < -0.3 is 10.4 Å². The monoisotopic (exact) mass is 345 g/mol. The topological polar surface area (TPSA) is 66.4 Å². The van der Waals surface area contributed by atoms with Crippen molar-refractivity contribution in [2.24, 2.45) is 0 Å². The van der Waals surface area contributed by atoms with Crippen LogP contribution in [-0.4, -0.2) is 22.5 Å². The summed E-state index contributed by atoms with van der Waals surface area (Å²) in [6.45, 7) is 4.93. The molecule has 1 unspecified atom stereocenters. The lowest BCUT2D eigenvalue weighted by atomic mass is 9.91. The summed E-state index contributed by atoms with van der Waals surface area (Å²) < 4.78 is 39.1. The molecule has 7 heteroatoms. The maximum atomic E-state index is 13.0. The molecule has 0 saturated carbocycles. The third kappa shape index (κ3) is 6.22. The van der Waals surface area contributed by atoms with Gasteiger partial charge in [0.25, 0.3) is 0 Å². The molecule has 0 saturated heterocycles. The molecule has 134 valence electrons. The lowest BCUT2D eigenvalue weighted by molar-refractivity contribution is -0.138. The number of aliphatic carboxylic acids is 1. The van der Waals surface area contributed by atoms with E-state index in [0.717, 1.165) is 6.07 Å². The van der Waals surface area contributed by atoms with Crippen molar-refractivity contribution in [2.45, 2.75) is 57.7 Å². The molecule has 0 radical (unpaired) electrons. The Balaban J connectivity index is 2.76. The van der Waals surface area contributed by atoms with Gasteiger partial charge in [0.15, 0.2) is 0 Å². The molecule has 4 nitrogen and oxygen atoms in total. The van der Waals surface area contributed by atoms with Gasteiger partial charge in [-0.1, -0.05) is 25.1 Å². The minimum atomic E-state index is -4.47. The number of alkyl halides is 3. The second-order valence-corrected chi connectivity index (χ2v) is 6.52. The van der Waals surface area contributed by atoms with E-state index in [4.69, 9.17) is 5.11 Å². The molecule has 0 fully saturated rings. The number of halogens is 3. The number of hydrogen-bond donors (Lipinski definition) is 2. The predicted octanol–water partition coefficient (Wildman–Crippen LogP) is 3.96. The van der Waals surface area contributed by atoms with E-state index in [9.17, 15) is 22.8 Å². The molecule has 0 heterocycles. The fourth-order valence-electron chi connectivity index (χ4n) is 2.48. The van der Waals surface area contributed by atoms with Crippen LogP contribution in [-0.2, 0) is 15.8 Å². The first-order valence-electron chi connectivity index (χ1n) is 7.61. The first-order chi connectivity index (χ1) is 10.9. The molecule has 1 rings (SSSR count). The molecule has 0 aromatic heterocycles. The lowest BCUT2D eigenvalue weighted by Crippen LogP contribution is -2.44. The number of carbonyl (C=O) groups is 2. The van der Waals surface area contributed by atoms with E-state index in [0.29, 0.717) is 0 Å². The first kappa shape index (κ1) is 20.0. The molecule has 24 heavy (non-hydrogen) atoms. The third-order valence-electron chi connectivity index (χ3n) is 3.73. The number of benzene rings is 1. The highest BCUT2D eigenvalue weighted by Crippen LogP contribution is 2.36. The van der Waals surface area contributed by atoms with Gasteiger partial charge in [-0.2, -0.15) is 13.2 Å². The van der Waals surface area contributed by atoms with Crippen LogP contribution in [0.1, 0.15) is 57.1 Å². The summed E-state index contributed by atoms with van der Waals surface area (Å²) in [7, 11) is 0. The number of nitrogens with one attached hydrogen (secondary N) is 1. The van der Waals surface area contributed by atoms with Crippen molar-refractivity contribution >= 4 is 11.9 Å².